The predicted molar refractivity (Wildman–Crippen MR) is 82.0 cm³/mol. The van der Waals surface area contributed by atoms with E-state index in [9.17, 15) is 0 Å². The summed E-state index contributed by atoms with van der Waals surface area (Å²) in [4.78, 5) is 10.4. The third-order valence-electron chi connectivity index (χ3n) is 3.44. The van der Waals surface area contributed by atoms with Gasteiger partial charge in [0, 0.05) is 18.3 Å². The van der Waals surface area contributed by atoms with E-state index in [-0.39, 0.29) is 0 Å². The molecule has 0 radical (unpaired) electrons. The molecule has 0 aliphatic heterocycles. The van der Waals surface area contributed by atoms with E-state index >= 15 is 0 Å². The van der Waals surface area contributed by atoms with Gasteiger partial charge in [-0.2, -0.15) is 15.0 Å². The summed E-state index contributed by atoms with van der Waals surface area (Å²) in [5, 5.41) is 8.61. The molecule has 0 unspecified atom stereocenters. The lowest BCUT2D eigenvalue weighted by molar-refractivity contribution is 0.570. The minimum absolute atomic E-state index is 0.659. The standard InChI is InChI=1S/C16H13N5O/c1-10-4-3-5-13(18-10)16-15(17-9-22-16)11-6-7-12-14(8-11)20-21(2)19-12/h3-9H,1-2H3. The summed E-state index contributed by atoms with van der Waals surface area (Å²) >= 11 is 0. The van der Waals surface area contributed by atoms with Crippen LogP contribution in [0.25, 0.3) is 33.7 Å². The van der Waals surface area contributed by atoms with E-state index in [2.05, 4.69) is 20.2 Å². The molecule has 0 saturated heterocycles. The second-order valence-electron chi connectivity index (χ2n) is 5.09. The van der Waals surface area contributed by atoms with Crippen molar-refractivity contribution < 1.29 is 4.42 Å². The summed E-state index contributed by atoms with van der Waals surface area (Å²) in [5.74, 6) is 0.659. The van der Waals surface area contributed by atoms with Gasteiger partial charge < -0.3 is 4.42 Å². The SMILES string of the molecule is Cc1cccc(-c2ocnc2-c2ccc3nn(C)nc3c2)n1. The van der Waals surface area contributed by atoms with E-state index in [4.69, 9.17) is 4.42 Å². The molecule has 0 aliphatic rings. The minimum Gasteiger partial charge on any atom is -0.441 e. The van der Waals surface area contributed by atoms with Crippen LogP contribution in [0.4, 0.5) is 0 Å². The van der Waals surface area contributed by atoms with Crippen LogP contribution in [0.1, 0.15) is 5.69 Å². The molecule has 6 nitrogen and oxygen atoms in total. The quantitative estimate of drug-likeness (QED) is 0.568. The summed E-state index contributed by atoms with van der Waals surface area (Å²) in [6.07, 6.45) is 1.44. The molecule has 3 aromatic heterocycles. The van der Waals surface area contributed by atoms with Crippen molar-refractivity contribution in [3.8, 4) is 22.7 Å². The molecule has 0 fully saturated rings. The maximum Gasteiger partial charge on any atom is 0.182 e. The van der Waals surface area contributed by atoms with Crippen molar-refractivity contribution in [3.63, 3.8) is 0 Å². The van der Waals surface area contributed by atoms with Gasteiger partial charge in [0.2, 0.25) is 0 Å². The molecule has 22 heavy (non-hydrogen) atoms. The van der Waals surface area contributed by atoms with Crippen molar-refractivity contribution in [1.29, 1.82) is 0 Å². The molecule has 1 aromatic carbocycles. The molecular weight excluding hydrogens is 278 g/mol. The average Bonchev–Trinajstić information content (AvgIpc) is 3.11. The Bertz CT molecular complexity index is 970. The highest BCUT2D eigenvalue weighted by Gasteiger charge is 2.15. The van der Waals surface area contributed by atoms with E-state index in [1.165, 1.54) is 6.39 Å². The number of hydrogen-bond donors (Lipinski definition) is 0. The van der Waals surface area contributed by atoms with Crippen LogP contribution in [0.15, 0.2) is 47.2 Å². The van der Waals surface area contributed by atoms with Crippen LogP contribution in [0.2, 0.25) is 0 Å². The Hall–Kier alpha value is -3.02. The second-order valence-corrected chi connectivity index (χ2v) is 5.09. The topological polar surface area (TPSA) is 69.6 Å². The Kier molecular flexibility index (Phi) is 2.75. The third kappa shape index (κ3) is 2.05. The molecule has 6 heteroatoms. The lowest BCUT2D eigenvalue weighted by Gasteiger charge is -2.02. The van der Waals surface area contributed by atoms with Crippen LogP contribution in [-0.4, -0.2) is 25.0 Å². The van der Waals surface area contributed by atoms with Gasteiger partial charge in [0.05, 0.1) is 0 Å². The van der Waals surface area contributed by atoms with Crippen LogP contribution >= 0.6 is 0 Å². The number of oxazole rings is 1. The largest absolute Gasteiger partial charge is 0.441 e. The van der Waals surface area contributed by atoms with Gasteiger partial charge in [-0.25, -0.2) is 9.97 Å². The van der Waals surface area contributed by atoms with Gasteiger partial charge in [-0.05, 0) is 31.2 Å². The van der Waals surface area contributed by atoms with Crippen molar-refractivity contribution >= 4 is 11.0 Å². The number of rotatable bonds is 2. The highest BCUT2D eigenvalue weighted by Crippen LogP contribution is 2.31. The van der Waals surface area contributed by atoms with Gasteiger partial charge in [0.25, 0.3) is 0 Å². The molecule has 0 aliphatic carbocycles. The van der Waals surface area contributed by atoms with E-state index in [1.807, 2.05) is 43.3 Å². The Morgan fingerprint density at radius 1 is 1.05 bits per heavy atom. The van der Waals surface area contributed by atoms with Gasteiger partial charge in [-0.3, -0.25) is 0 Å². The van der Waals surface area contributed by atoms with Gasteiger partial charge in [-0.15, -0.1) is 0 Å². The summed E-state index contributed by atoms with van der Waals surface area (Å²) in [6.45, 7) is 1.95. The predicted octanol–water partition coefficient (Wildman–Crippen LogP) is 2.99. The van der Waals surface area contributed by atoms with E-state index in [1.54, 1.807) is 11.8 Å². The second kappa shape index (κ2) is 4.77. The Morgan fingerprint density at radius 3 is 2.77 bits per heavy atom. The first-order valence-electron chi connectivity index (χ1n) is 6.90. The van der Waals surface area contributed by atoms with Crippen LogP contribution < -0.4 is 0 Å². The Morgan fingerprint density at radius 2 is 1.91 bits per heavy atom. The van der Waals surface area contributed by atoms with E-state index in [0.717, 1.165) is 33.7 Å². The molecule has 0 amide bonds. The molecule has 0 bridgehead atoms. The minimum atomic E-state index is 0.659. The number of nitrogens with zero attached hydrogens (tertiary/aromatic N) is 5. The first kappa shape index (κ1) is 12.7. The van der Waals surface area contributed by atoms with Crippen molar-refractivity contribution in [2.24, 2.45) is 7.05 Å². The normalized spacial score (nSPS) is 11.2. The number of hydrogen-bond acceptors (Lipinski definition) is 5. The number of fused-ring (bicyclic) bond motifs is 1. The Labute approximate surface area is 126 Å². The van der Waals surface area contributed by atoms with Gasteiger partial charge in [0.15, 0.2) is 12.2 Å². The van der Waals surface area contributed by atoms with Gasteiger partial charge in [-0.1, -0.05) is 12.1 Å². The molecule has 108 valence electrons. The third-order valence-corrected chi connectivity index (χ3v) is 3.44. The zero-order valence-electron chi connectivity index (χ0n) is 12.2. The molecule has 4 aromatic rings. The van der Waals surface area contributed by atoms with Crippen LogP contribution in [0.5, 0.6) is 0 Å². The fraction of sp³-hybridized carbons (Fsp3) is 0.125. The monoisotopic (exact) mass is 291 g/mol. The van der Waals surface area contributed by atoms with Gasteiger partial charge >= 0.3 is 0 Å². The van der Waals surface area contributed by atoms with Crippen molar-refractivity contribution in [2.75, 3.05) is 0 Å². The van der Waals surface area contributed by atoms with E-state index < -0.39 is 0 Å². The number of aryl methyl sites for hydroxylation is 2. The van der Waals surface area contributed by atoms with Crippen molar-refractivity contribution in [1.82, 2.24) is 25.0 Å². The van der Waals surface area contributed by atoms with Crippen molar-refractivity contribution in [3.05, 3.63) is 48.5 Å². The van der Waals surface area contributed by atoms with Crippen molar-refractivity contribution in [2.45, 2.75) is 6.92 Å². The maximum atomic E-state index is 5.56. The number of benzene rings is 1. The fourth-order valence-corrected chi connectivity index (χ4v) is 2.47. The number of aromatic nitrogens is 5. The Balaban J connectivity index is 1.87. The summed E-state index contributed by atoms with van der Waals surface area (Å²) in [7, 11) is 1.80. The van der Waals surface area contributed by atoms with Gasteiger partial charge in [0.1, 0.15) is 22.4 Å². The fourth-order valence-electron chi connectivity index (χ4n) is 2.47. The first-order chi connectivity index (χ1) is 10.7. The van der Waals surface area contributed by atoms with Crippen LogP contribution in [0.3, 0.4) is 0 Å². The zero-order chi connectivity index (χ0) is 15.1. The van der Waals surface area contributed by atoms with E-state index in [0.29, 0.717) is 5.76 Å². The summed E-state index contributed by atoms with van der Waals surface area (Å²) < 4.78 is 5.56. The summed E-state index contributed by atoms with van der Waals surface area (Å²) in [6, 6.07) is 11.7. The van der Waals surface area contributed by atoms with Crippen LogP contribution in [0, 0.1) is 6.92 Å². The summed E-state index contributed by atoms with van der Waals surface area (Å²) in [5.41, 5.74) is 5.07. The zero-order valence-corrected chi connectivity index (χ0v) is 12.2. The lowest BCUT2D eigenvalue weighted by Crippen LogP contribution is -1.90. The molecule has 0 N–H and O–H groups in total. The molecule has 0 spiro atoms. The molecule has 0 saturated carbocycles. The molecule has 4 rings (SSSR count). The highest BCUT2D eigenvalue weighted by molar-refractivity contribution is 5.83. The number of pyridine rings is 1. The average molecular weight is 291 g/mol. The maximum absolute atomic E-state index is 5.56. The molecule has 3 heterocycles. The lowest BCUT2D eigenvalue weighted by atomic mass is 10.1. The smallest absolute Gasteiger partial charge is 0.182 e. The molecular formula is C16H13N5O. The highest BCUT2D eigenvalue weighted by atomic mass is 16.3. The first-order valence-corrected chi connectivity index (χ1v) is 6.90. The molecule has 0 atom stereocenters. The van der Waals surface area contributed by atoms with Crippen LogP contribution in [-0.2, 0) is 7.05 Å².